The molecule has 2 heteroatoms. The van der Waals surface area contributed by atoms with Crippen LogP contribution in [0.25, 0.3) is 0 Å². The Hall–Kier alpha value is -1.02. The van der Waals surface area contributed by atoms with Crippen LogP contribution in [0, 0.1) is 0 Å². The predicted octanol–water partition coefficient (Wildman–Crippen LogP) is 2.14. The van der Waals surface area contributed by atoms with Crippen LogP contribution in [0.2, 0.25) is 0 Å². The highest BCUT2D eigenvalue weighted by atomic mass is 15.0. The molecule has 0 saturated heterocycles. The molecule has 0 aliphatic heterocycles. The molecule has 0 heterocycles. The summed E-state index contributed by atoms with van der Waals surface area (Å²) in [6, 6.07) is 8.37. The summed E-state index contributed by atoms with van der Waals surface area (Å²) in [7, 11) is 0. The summed E-state index contributed by atoms with van der Waals surface area (Å²) in [5.74, 6) is 0.594. The van der Waals surface area contributed by atoms with Gasteiger partial charge in [0, 0.05) is 5.69 Å². The first-order valence-corrected chi connectivity index (χ1v) is 4.28. The van der Waals surface area contributed by atoms with Gasteiger partial charge >= 0.3 is 0 Å². The van der Waals surface area contributed by atoms with E-state index in [4.69, 9.17) is 5.73 Å². The van der Waals surface area contributed by atoms with Crippen molar-refractivity contribution in [3.63, 3.8) is 0 Å². The van der Waals surface area contributed by atoms with Crippen molar-refractivity contribution < 1.29 is 0 Å². The van der Waals surface area contributed by atoms with Crippen molar-refractivity contribution in [1.29, 1.82) is 0 Å². The molecular weight excluding hydrogens is 148 g/mol. The van der Waals surface area contributed by atoms with Crippen molar-refractivity contribution >= 4 is 5.69 Å². The minimum atomic E-state index is 0.487. The summed E-state index contributed by atoms with van der Waals surface area (Å²) in [5.41, 5.74) is 7.79. The number of anilines is 1. The second-order valence-electron chi connectivity index (χ2n) is 3.16. The maximum absolute atomic E-state index is 5.35. The number of hydrogen-bond donors (Lipinski definition) is 2. The number of rotatable bonds is 3. The molecule has 3 N–H and O–H groups in total. The average molecular weight is 164 g/mol. The number of hydrogen-bond acceptors (Lipinski definition) is 2. The summed E-state index contributed by atoms with van der Waals surface area (Å²) in [4.78, 5) is 0. The number of benzene rings is 1. The van der Waals surface area contributed by atoms with Crippen LogP contribution in [-0.4, -0.2) is 6.67 Å². The standard InChI is InChI=1S/C10H16N2/c1-8(2)9-3-5-10(6-4-9)12-7-11/h3-6,8,12H,7,11H2,1-2H3. The van der Waals surface area contributed by atoms with Crippen molar-refractivity contribution in [3.05, 3.63) is 29.8 Å². The van der Waals surface area contributed by atoms with E-state index in [0.29, 0.717) is 12.6 Å². The topological polar surface area (TPSA) is 38.0 Å². The van der Waals surface area contributed by atoms with Crippen LogP contribution >= 0.6 is 0 Å². The summed E-state index contributed by atoms with van der Waals surface area (Å²) < 4.78 is 0. The van der Waals surface area contributed by atoms with E-state index >= 15 is 0 Å². The lowest BCUT2D eigenvalue weighted by molar-refractivity contribution is 0.867. The van der Waals surface area contributed by atoms with Crippen LogP contribution in [0.5, 0.6) is 0 Å². The Morgan fingerprint density at radius 3 is 2.25 bits per heavy atom. The van der Waals surface area contributed by atoms with E-state index in [-0.39, 0.29) is 0 Å². The molecule has 0 aliphatic rings. The zero-order valence-electron chi connectivity index (χ0n) is 7.67. The Kier molecular flexibility index (Phi) is 3.11. The largest absolute Gasteiger partial charge is 0.373 e. The lowest BCUT2D eigenvalue weighted by atomic mass is 10.0. The lowest BCUT2D eigenvalue weighted by Crippen LogP contribution is -2.10. The third-order valence-corrected chi connectivity index (χ3v) is 1.88. The molecule has 12 heavy (non-hydrogen) atoms. The van der Waals surface area contributed by atoms with Crippen LogP contribution in [0.1, 0.15) is 25.3 Å². The lowest BCUT2D eigenvalue weighted by Gasteiger charge is -2.07. The highest BCUT2D eigenvalue weighted by molar-refractivity contribution is 5.44. The van der Waals surface area contributed by atoms with Gasteiger partial charge in [-0.1, -0.05) is 26.0 Å². The quantitative estimate of drug-likeness (QED) is 0.672. The predicted molar refractivity (Wildman–Crippen MR) is 53.2 cm³/mol. The fraction of sp³-hybridized carbons (Fsp3) is 0.400. The van der Waals surface area contributed by atoms with Crippen LogP contribution in [0.4, 0.5) is 5.69 Å². The molecule has 1 rings (SSSR count). The molecule has 0 spiro atoms. The Labute approximate surface area is 73.8 Å². The molecule has 0 atom stereocenters. The van der Waals surface area contributed by atoms with E-state index in [1.165, 1.54) is 5.56 Å². The van der Waals surface area contributed by atoms with Crippen LogP contribution in [-0.2, 0) is 0 Å². The van der Waals surface area contributed by atoms with Gasteiger partial charge in [0.15, 0.2) is 0 Å². The van der Waals surface area contributed by atoms with Gasteiger partial charge in [-0.15, -0.1) is 0 Å². The molecule has 2 nitrogen and oxygen atoms in total. The van der Waals surface area contributed by atoms with Gasteiger partial charge in [-0.3, -0.25) is 0 Å². The molecule has 0 unspecified atom stereocenters. The van der Waals surface area contributed by atoms with Gasteiger partial charge in [0.1, 0.15) is 0 Å². The molecule has 0 radical (unpaired) electrons. The molecular formula is C10H16N2. The molecule has 0 amide bonds. The van der Waals surface area contributed by atoms with Gasteiger partial charge in [0.25, 0.3) is 0 Å². The molecule has 0 fully saturated rings. The van der Waals surface area contributed by atoms with Crippen LogP contribution in [0.15, 0.2) is 24.3 Å². The summed E-state index contributed by atoms with van der Waals surface area (Å²) in [5, 5.41) is 3.05. The average Bonchev–Trinajstić information content (AvgIpc) is 2.06. The smallest absolute Gasteiger partial charge is 0.0628 e. The normalized spacial score (nSPS) is 10.3. The second kappa shape index (κ2) is 4.12. The van der Waals surface area contributed by atoms with Crippen molar-refractivity contribution in [3.8, 4) is 0 Å². The van der Waals surface area contributed by atoms with E-state index in [2.05, 4.69) is 43.4 Å². The minimum Gasteiger partial charge on any atom is -0.373 e. The molecule has 0 aromatic heterocycles. The fourth-order valence-electron chi connectivity index (χ4n) is 1.10. The first-order valence-electron chi connectivity index (χ1n) is 4.28. The van der Waals surface area contributed by atoms with Crippen molar-refractivity contribution in [2.75, 3.05) is 12.0 Å². The summed E-state index contributed by atoms with van der Waals surface area (Å²) in [6.07, 6.45) is 0. The van der Waals surface area contributed by atoms with E-state index < -0.39 is 0 Å². The Morgan fingerprint density at radius 1 is 1.25 bits per heavy atom. The third-order valence-electron chi connectivity index (χ3n) is 1.88. The maximum atomic E-state index is 5.35. The zero-order valence-corrected chi connectivity index (χ0v) is 7.67. The van der Waals surface area contributed by atoms with Gasteiger partial charge in [0.2, 0.25) is 0 Å². The number of nitrogens with two attached hydrogens (primary N) is 1. The molecule has 1 aromatic carbocycles. The highest BCUT2D eigenvalue weighted by Gasteiger charge is 1.97. The minimum absolute atomic E-state index is 0.487. The van der Waals surface area contributed by atoms with Gasteiger partial charge in [-0.05, 0) is 23.6 Å². The summed E-state index contributed by atoms with van der Waals surface area (Å²) in [6.45, 7) is 4.86. The monoisotopic (exact) mass is 164 g/mol. The van der Waals surface area contributed by atoms with Crippen molar-refractivity contribution in [2.24, 2.45) is 5.73 Å². The van der Waals surface area contributed by atoms with Crippen molar-refractivity contribution in [1.82, 2.24) is 0 Å². The van der Waals surface area contributed by atoms with E-state index in [0.717, 1.165) is 5.69 Å². The van der Waals surface area contributed by atoms with E-state index in [1.807, 2.05) is 0 Å². The van der Waals surface area contributed by atoms with Crippen LogP contribution < -0.4 is 11.1 Å². The second-order valence-corrected chi connectivity index (χ2v) is 3.16. The van der Waals surface area contributed by atoms with E-state index in [1.54, 1.807) is 0 Å². The molecule has 0 bridgehead atoms. The van der Waals surface area contributed by atoms with Crippen molar-refractivity contribution in [2.45, 2.75) is 19.8 Å². The first kappa shape index (κ1) is 9.07. The first-order chi connectivity index (χ1) is 5.74. The molecule has 0 aliphatic carbocycles. The zero-order chi connectivity index (χ0) is 8.97. The Balaban J connectivity index is 2.71. The van der Waals surface area contributed by atoms with Gasteiger partial charge < -0.3 is 11.1 Å². The Morgan fingerprint density at radius 2 is 1.83 bits per heavy atom. The molecule has 66 valence electrons. The molecule has 1 aromatic rings. The van der Waals surface area contributed by atoms with Gasteiger partial charge in [-0.2, -0.15) is 0 Å². The SMILES string of the molecule is CC(C)c1ccc(NCN)cc1. The molecule has 0 saturated carbocycles. The highest BCUT2D eigenvalue weighted by Crippen LogP contribution is 2.16. The van der Waals surface area contributed by atoms with E-state index in [9.17, 15) is 0 Å². The Bertz CT molecular complexity index is 226. The van der Waals surface area contributed by atoms with Gasteiger partial charge in [0.05, 0.1) is 6.67 Å². The fourth-order valence-corrected chi connectivity index (χ4v) is 1.10. The van der Waals surface area contributed by atoms with Gasteiger partial charge in [-0.25, -0.2) is 0 Å². The summed E-state index contributed by atoms with van der Waals surface area (Å²) >= 11 is 0. The maximum Gasteiger partial charge on any atom is 0.0628 e. The number of nitrogens with one attached hydrogen (secondary N) is 1. The van der Waals surface area contributed by atoms with Crippen LogP contribution in [0.3, 0.4) is 0 Å². The third kappa shape index (κ3) is 2.24.